The molecule has 162 valence electrons. The van der Waals surface area contributed by atoms with E-state index in [1.807, 2.05) is 50.2 Å². The predicted molar refractivity (Wildman–Crippen MR) is 115 cm³/mol. The van der Waals surface area contributed by atoms with Crippen LogP contribution >= 0.6 is 0 Å². The molecule has 1 aliphatic rings. The molecule has 0 bridgehead atoms. The monoisotopic (exact) mass is 422 g/mol. The van der Waals surface area contributed by atoms with Crippen molar-refractivity contribution in [3.8, 4) is 5.69 Å². The van der Waals surface area contributed by atoms with Crippen molar-refractivity contribution < 1.29 is 18.7 Å². The molecule has 1 aliphatic carbocycles. The number of carbonyl (C=O) groups excluding carboxylic acids is 1. The fraction of sp³-hybridized carbons (Fsp3) is 0.360. The second-order valence-electron chi connectivity index (χ2n) is 7.97. The quantitative estimate of drug-likeness (QED) is 0.509. The van der Waals surface area contributed by atoms with Gasteiger partial charge in [-0.2, -0.15) is 0 Å². The van der Waals surface area contributed by atoms with Crippen LogP contribution in [0.5, 0.6) is 0 Å². The lowest BCUT2D eigenvalue weighted by atomic mass is 9.79. The maximum absolute atomic E-state index is 14.7. The Kier molecular flexibility index (Phi) is 6.18. The van der Waals surface area contributed by atoms with Gasteiger partial charge in [0.05, 0.1) is 30.4 Å². The van der Waals surface area contributed by atoms with Crippen LogP contribution in [0.2, 0.25) is 0 Å². The molecule has 4 rings (SSSR count). The molecule has 1 aromatic heterocycles. The van der Waals surface area contributed by atoms with Crippen molar-refractivity contribution in [2.24, 2.45) is 0 Å². The molecule has 0 saturated heterocycles. The standard InChI is InChI=1S/C25H27FN2O3/c1-3-30-24(29)25(20-7-5-4-6-8-20)12-11-21(16-25)31-17-19-9-10-23(22(26)15-19)28-14-13-27-18(28)2/h4-10,13-15,21H,3,11-12,16-17H2,1-2H3. The molecule has 1 heterocycles. The first-order valence-electron chi connectivity index (χ1n) is 10.7. The Hall–Kier alpha value is -2.99. The Morgan fingerprint density at radius 2 is 2.06 bits per heavy atom. The summed E-state index contributed by atoms with van der Waals surface area (Å²) < 4.78 is 27.9. The van der Waals surface area contributed by atoms with Crippen LogP contribution in [0.4, 0.5) is 4.39 Å². The average molecular weight is 423 g/mol. The first-order chi connectivity index (χ1) is 15.0. The lowest BCUT2D eigenvalue weighted by Gasteiger charge is -2.27. The molecule has 6 heteroatoms. The number of carbonyl (C=O) groups is 1. The van der Waals surface area contributed by atoms with Gasteiger partial charge in [-0.3, -0.25) is 4.79 Å². The van der Waals surface area contributed by atoms with E-state index < -0.39 is 5.41 Å². The summed E-state index contributed by atoms with van der Waals surface area (Å²) in [6.45, 7) is 4.29. The summed E-state index contributed by atoms with van der Waals surface area (Å²) >= 11 is 0. The summed E-state index contributed by atoms with van der Waals surface area (Å²) in [7, 11) is 0. The van der Waals surface area contributed by atoms with Gasteiger partial charge in [0.2, 0.25) is 0 Å². The highest BCUT2D eigenvalue weighted by molar-refractivity contribution is 5.83. The highest BCUT2D eigenvalue weighted by Crippen LogP contribution is 2.43. The van der Waals surface area contributed by atoms with Gasteiger partial charge in [-0.15, -0.1) is 0 Å². The van der Waals surface area contributed by atoms with Gasteiger partial charge in [0, 0.05) is 12.4 Å². The Bertz CT molecular complexity index is 1050. The van der Waals surface area contributed by atoms with Gasteiger partial charge in [-0.05, 0) is 56.4 Å². The number of halogens is 1. The molecular formula is C25H27FN2O3. The van der Waals surface area contributed by atoms with Gasteiger partial charge >= 0.3 is 5.97 Å². The number of rotatable bonds is 7. The average Bonchev–Trinajstić information content (AvgIpc) is 3.40. The fourth-order valence-corrected chi connectivity index (χ4v) is 4.42. The zero-order valence-corrected chi connectivity index (χ0v) is 17.9. The van der Waals surface area contributed by atoms with Crippen molar-refractivity contribution in [3.05, 3.63) is 83.7 Å². The minimum absolute atomic E-state index is 0.0942. The van der Waals surface area contributed by atoms with Crippen molar-refractivity contribution in [1.82, 2.24) is 9.55 Å². The number of ether oxygens (including phenoxy) is 2. The third-order valence-electron chi connectivity index (χ3n) is 6.04. The topological polar surface area (TPSA) is 53.4 Å². The molecule has 0 radical (unpaired) electrons. The van der Waals surface area contributed by atoms with Crippen molar-refractivity contribution in [1.29, 1.82) is 0 Å². The van der Waals surface area contributed by atoms with Crippen LogP contribution in [0.25, 0.3) is 5.69 Å². The van der Waals surface area contributed by atoms with E-state index in [2.05, 4.69) is 4.98 Å². The number of esters is 1. The zero-order chi connectivity index (χ0) is 21.8. The highest BCUT2D eigenvalue weighted by Gasteiger charge is 2.48. The number of hydrogen-bond acceptors (Lipinski definition) is 4. The van der Waals surface area contributed by atoms with Crippen molar-refractivity contribution in [3.63, 3.8) is 0 Å². The summed E-state index contributed by atoms with van der Waals surface area (Å²) in [5.74, 6) is 0.210. The lowest BCUT2D eigenvalue weighted by molar-refractivity contribution is -0.150. The Labute approximate surface area is 181 Å². The van der Waals surface area contributed by atoms with Crippen LogP contribution in [-0.4, -0.2) is 28.2 Å². The van der Waals surface area contributed by atoms with Gasteiger partial charge in [0.25, 0.3) is 0 Å². The molecule has 3 aromatic rings. The molecule has 2 unspecified atom stereocenters. The number of imidazole rings is 1. The summed E-state index contributed by atoms with van der Waals surface area (Å²) in [4.78, 5) is 17.0. The molecule has 0 N–H and O–H groups in total. The van der Waals surface area contributed by atoms with Gasteiger partial charge in [0.15, 0.2) is 0 Å². The molecule has 0 amide bonds. The molecule has 31 heavy (non-hydrogen) atoms. The largest absolute Gasteiger partial charge is 0.465 e. The summed E-state index contributed by atoms with van der Waals surface area (Å²) in [6, 6.07) is 14.9. The van der Waals surface area contributed by atoms with Gasteiger partial charge < -0.3 is 14.0 Å². The van der Waals surface area contributed by atoms with Crippen LogP contribution in [0, 0.1) is 12.7 Å². The van der Waals surface area contributed by atoms with Crippen LogP contribution in [-0.2, 0) is 26.3 Å². The van der Waals surface area contributed by atoms with Crippen LogP contribution < -0.4 is 0 Å². The second-order valence-corrected chi connectivity index (χ2v) is 7.97. The number of aromatic nitrogens is 2. The molecule has 1 fully saturated rings. The van der Waals surface area contributed by atoms with E-state index in [1.165, 1.54) is 6.07 Å². The molecule has 1 saturated carbocycles. The molecule has 2 aromatic carbocycles. The third-order valence-corrected chi connectivity index (χ3v) is 6.04. The van der Waals surface area contributed by atoms with Crippen LogP contribution in [0.15, 0.2) is 60.9 Å². The van der Waals surface area contributed by atoms with E-state index in [4.69, 9.17) is 9.47 Å². The SMILES string of the molecule is CCOC(=O)C1(c2ccccc2)CCC(OCc2ccc(-n3ccnc3C)c(F)c2)C1. The van der Waals surface area contributed by atoms with E-state index in [-0.39, 0.29) is 17.9 Å². The number of aryl methyl sites for hydroxylation is 1. The molecule has 0 spiro atoms. The Morgan fingerprint density at radius 1 is 1.26 bits per heavy atom. The third kappa shape index (κ3) is 4.26. The van der Waals surface area contributed by atoms with Crippen LogP contribution in [0.1, 0.15) is 43.1 Å². The molecule has 2 atom stereocenters. The fourth-order valence-electron chi connectivity index (χ4n) is 4.42. The molecule has 5 nitrogen and oxygen atoms in total. The van der Waals surface area contributed by atoms with E-state index in [1.54, 1.807) is 23.0 Å². The van der Waals surface area contributed by atoms with Gasteiger partial charge in [0.1, 0.15) is 11.6 Å². The molecular weight excluding hydrogens is 395 g/mol. The Balaban J connectivity index is 1.46. The minimum Gasteiger partial charge on any atom is -0.465 e. The number of benzene rings is 2. The van der Waals surface area contributed by atoms with E-state index >= 15 is 0 Å². The zero-order valence-electron chi connectivity index (χ0n) is 17.9. The maximum Gasteiger partial charge on any atom is 0.316 e. The van der Waals surface area contributed by atoms with Crippen molar-refractivity contribution in [2.45, 2.75) is 51.2 Å². The minimum atomic E-state index is -0.685. The number of nitrogens with zero attached hydrogens (tertiary/aromatic N) is 2. The van der Waals surface area contributed by atoms with E-state index in [0.717, 1.165) is 23.4 Å². The lowest BCUT2D eigenvalue weighted by Crippen LogP contribution is -2.35. The van der Waals surface area contributed by atoms with Crippen molar-refractivity contribution in [2.75, 3.05) is 6.61 Å². The summed E-state index contributed by atoms with van der Waals surface area (Å²) in [6.07, 6.45) is 5.28. The Morgan fingerprint density at radius 3 is 2.74 bits per heavy atom. The van der Waals surface area contributed by atoms with Crippen LogP contribution in [0.3, 0.4) is 0 Å². The smallest absolute Gasteiger partial charge is 0.316 e. The number of hydrogen-bond donors (Lipinski definition) is 0. The predicted octanol–water partition coefficient (Wildman–Crippen LogP) is 4.89. The van der Waals surface area contributed by atoms with Crippen molar-refractivity contribution >= 4 is 5.97 Å². The maximum atomic E-state index is 14.7. The molecule has 0 aliphatic heterocycles. The normalized spacial score (nSPS) is 20.7. The first-order valence-corrected chi connectivity index (χ1v) is 10.7. The highest BCUT2D eigenvalue weighted by atomic mass is 19.1. The van der Waals surface area contributed by atoms with Gasteiger partial charge in [-0.1, -0.05) is 36.4 Å². The summed E-state index contributed by atoms with van der Waals surface area (Å²) in [5.41, 5.74) is 1.50. The first kappa shape index (κ1) is 21.2. The van der Waals surface area contributed by atoms with E-state index in [9.17, 15) is 9.18 Å². The van der Waals surface area contributed by atoms with Gasteiger partial charge in [-0.25, -0.2) is 9.37 Å². The summed E-state index contributed by atoms with van der Waals surface area (Å²) in [5, 5.41) is 0. The second kappa shape index (κ2) is 9.02. The van der Waals surface area contributed by atoms with E-state index in [0.29, 0.717) is 31.7 Å².